The number of nitrogens with zero attached hydrogens (tertiary/aromatic N) is 3. The molecule has 0 saturated carbocycles. The maximum Gasteiger partial charge on any atom is 0.320 e. The lowest BCUT2D eigenvalue weighted by Gasteiger charge is -2.07. The Hall–Kier alpha value is -1.93. The molecule has 2 rings (SSSR count). The molecule has 0 aromatic carbocycles. The van der Waals surface area contributed by atoms with Gasteiger partial charge in [-0.1, -0.05) is 17.8 Å². The Morgan fingerprint density at radius 3 is 2.95 bits per heavy atom. The smallest absolute Gasteiger partial charge is 0.320 e. The number of carboxylic acids is 1. The highest BCUT2D eigenvalue weighted by molar-refractivity contribution is 7.98. The summed E-state index contributed by atoms with van der Waals surface area (Å²) in [6.45, 7) is 0. The Morgan fingerprint density at radius 2 is 2.26 bits per heavy atom. The van der Waals surface area contributed by atoms with Crippen LogP contribution in [0.25, 0.3) is 0 Å². The number of nitrogens with two attached hydrogens (primary N) is 1. The highest BCUT2D eigenvalue weighted by Crippen LogP contribution is 2.17. The maximum absolute atomic E-state index is 10.7. The van der Waals surface area contributed by atoms with Crippen LogP contribution in [0.4, 0.5) is 0 Å². The number of H-pyrrole nitrogens is 1. The third-order valence-electron chi connectivity index (χ3n) is 2.36. The van der Waals surface area contributed by atoms with Crippen LogP contribution in [0.2, 0.25) is 0 Å². The summed E-state index contributed by atoms with van der Waals surface area (Å²) in [5.74, 6) is -0.394. The van der Waals surface area contributed by atoms with Gasteiger partial charge < -0.3 is 10.8 Å². The van der Waals surface area contributed by atoms with E-state index in [1.807, 2.05) is 12.1 Å². The van der Waals surface area contributed by atoms with Crippen LogP contribution in [-0.2, 0) is 17.0 Å². The van der Waals surface area contributed by atoms with Crippen LogP contribution in [0.5, 0.6) is 0 Å². The lowest BCUT2D eigenvalue weighted by atomic mass is 10.1. The molecule has 7 nitrogen and oxygen atoms in total. The molecule has 1 atom stereocenters. The minimum absolute atomic E-state index is 0.218. The molecule has 2 aromatic heterocycles. The Labute approximate surface area is 113 Å². The third kappa shape index (κ3) is 4.04. The van der Waals surface area contributed by atoms with Crippen molar-refractivity contribution in [1.82, 2.24) is 20.2 Å². The van der Waals surface area contributed by atoms with E-state index in [0.717, 1.165) is 10.9 Å². The number of nitrogens with one attached hydrogen (secondary N) is 1. The minimum atomic E-state index is -1.02. The molecule has 0 saturated heterocycles. The fraction of sp³-hybridized carbons (Fsp3) is 0.273. The number of carbonyl (C=O) groups is 1. The molecule has 1 unspecified atom stereocenters. The molecule has 0 aliphatic heterocycles. The van der Waals surface area contributed by atoms with Gasteiger partial charge in [0.25, 0.3) is 0 Å². The minimum Gasteiger partial charge on any atom is -0.480 e. The van der Waals surface area contributed by atoms with E-state index in [9.17, 15) is 4.79 Å². The van der Waals surface area contributed by atoms with Gasteiger partial charge in [-0.15, -0.1) is 0 Å². The molecule has 19 heavy (non-hydrogen) atoms. The lowest BCUT2D eigenvalue weighted by molar-refractivity contribution is -0.138. The topological polar surface area (TPSA) is 118 Å². The molecule has 4 N–H and O–H groups in total. The van der Waals surface area contributed by atoms with Crippen LogP contribution < -0.4 is 5.73 Å². The number of thioether (sulfide) groups is 1. The Bertz CT molecular complexity index is 546. The van der Waals surface area contributed by atoms with Crippen molar-refractivity contribution in [2.24, 2.45) is 5.73 Å². The second kappa shape index (κ2) is 6.30. The molecule has 0 aliphatic rings. The summed E-state index contributed by atoms with van der Waals surface area (Å²) in [5.41, 5.74) is 7.00. The number of aromatic amines is 1. The first-order chi connectivity index (χ1) is 9.15. The molecule has 8 heteroatoms. The zero-order valence-corrected chi connectivity index (χ0v) is 10.8. The monoisotopic (exact) mass is 279 g/mol. The van der Waals surface area contributed by atoms with Crippen molar-refractivity contribution in [3.8, 4) is 0 Å². The van der Waals surface area contributed by atoms with Crippen molar-refractivity contribution in [3.05, 3.63) is 35.9 Å². The van der Waals surface area contributed by atoms with Gasteiger partial charge in [-0.05, 0) is 12.1 Å². The van der Waals surface area contributed by atoms with Crippen LogP contribution in [0.1, 0.15) is 11.4 Å². The summed E-state index contributed by atoms with van der Waals surface area (Å²) in [6.07, 6.45) is 1.66. The number of pyridine rings is 1. The standard InChI is InChI=1S/C11H13N5O2S/c12-9(10(17)18)4-7-2-1-3-8(15-7)5-19-11-13-6-14-16-11/h1-3,6,9H,4-5,12H2,(H,17,18)(H,13,14,16). The first-order valence-corrected chi connectivity index (χ1v) is 6.55. The van der Waals surface area contributed by atoms with Gasteiger partial charge in [-0.25, -0.2) is 4.98 Å². The molecule has 0 radical (unpaired) electrons. The largest absolute Gasteiger partial charge is 0.480 e. The Morgan fingerprint density at radius 1 is 1.47 bits per heavy atom. The van der Waals surface area contributed by atoms with Crippen molar-refractivity contribution in [2.75, 3.05) is 0 Å². The number of hydrogen-bond donors (Lipinski definition) is 3. The predicted molar refractivity (Wildman–Crippen MR) is 69.5 cm³/mol. The van der Waals surface area contributed by atoms with E-state index < -0.39 is 12.0 Å². The molecule has 2 heterocycles. The molecule has 0 amide bonds. The normalized spacial score (nSPS) is 12.3. The van der Waals surface area contributed by atoms with E-state index in [4.69, 9.17) is 10.8 Å². The molecular formula is C11H13N5O2S. The first kappa shape index (κ1) is 13.5. The average Bonchev–Trinajstić information content (AvgIpc) is 2.90. The summed E-state index contributed by atoms with van der Waals surface area (Å²) in [4.78, 5) is 19.1. The van der Waals surface area contributed by atoms with Crippen molar-refractivity contribution >= 4 is 17.7 Å². The fourth-order valence-electron chi connectivity index (χ4n) is 1.44. The maximum atomic E-state index is 10.7. The molecule has 0 bridgehead atoms. The van der Waals surface area contributed by atoms with Crippen LogP contribution in [0.3, 0.4) is 0 Å². The summed E-state index contributed by atoms with van der Waals surface area (Å²) in [7, 11) is 0. The number of aliphatic carboxylic acids is 1. The molecule has 0 aliphatic carbocycles. The molecule has 0 spiro atoms. The lowest BCUT2D eigenvalue weighted by Crippen LogP contribution is -2.32. The highest BCUT2D eigenvalue weighted by Gasteiger charge is 2.13. The number of carboxylic acid groups (broad SMARTS) is 1. The number of hydrogen-bond acceptors (Lipinski definition) is 6. The second-order valence-electron chi connectivity index (χ2n) is 3.85. The van der Waals surface area contributed by atoms with E-state index in [1.54, 1.807) is 6.07 Å². The quantitative estimate of drug-likeness (QED) is 0.657. The van der Waals surface area contributed by atoms with Crippen LogP contribution in [0.15, 0.2) is 29.7 Å². The van der Waals surface area contributed by atoms with Gasteiger partial charge in [0.05, 0.1) is 5.69 Å². The van der Waals surface area contributed by atoms with Gasteiger partial charge in [-0.3, -0.25) is 14.9 Å². The van der Waals surface area contributed by atoms with E-state index in [-0.39, 0.29) is 6.42 Å². The highest BCUT2D eigenvalue weighted by atomic mass is 32.2. The molecule has 0 fully saturated rings. The summed E-state index contributed by atoms with van der Waals surface area (Å²) >= 11 is 1.47. The van der Waals surface area contributed by atoms with Crippen molar-refractivity contribution in [2.45, 2.75) is 23.4 Å². The van der Waals surface area contributed by atoms with Crippen molar-refractivity contribution in [3.63, 3.8) is 0 Å². The first-order valence-electron chi connectivity index (χ1n) is 5.56. The summed E-state index contributed by atoms with van der Waals surface area (Å²) in [6, 6.07) is 4.56. The van der Waals surface area contributed by atoms with Gasteiger partial charge in [0.2, 0.25) is 0 Å². The van der Waals surface area contributed by atoms with Crippen LogP contribution >= 0.6 is 11.8 Å². The van der Waals surface area contributed by atoms with Gasteiger partial charge in [0, 0.05) is 17.9 Å². The van der Waals surface area contributed by atoms with E-state index >= 15 is 0 Å². The second-order valence-corrected chi connectivity index (χ2v) is 4.81. The van der Waals surface area contributed by atoms with Gasteiger partial charge in [0.1, 0.15) is 12.4 Å². The van der Waals surface area contributed by atoms with Gasteiger partial charge in [0.15, 0.2) is 5.16 Å². The van der Waals surface area contributed by atoms with E-state index in [2.05, 4.69) is 20.2 Å². The zero-order valence-electron chi connectivity index (χ0n) is 9.98. The molecule has 2 aromatic rings. The zero-order chi connectivity index (χ0) is 13.7. The Balaban J connectivity index is 1.96. The fourth-order valence-corrected chi connectivity index (χ4v) is 2.13. The van der Waals surface area contributed by atoms with Crippen LogP contribution in [0, 0.1) is 0 Å². The SMILES string of the molecule is NC(Cc1cccc(CSc2ncn[nH]2)n1)C(=O)O. The van der Waals surface area contributed by atoms with E-state index in [0.29, 0.717) is 11.4 Å². The summed E-state index contributed by atoms with van der Waals surface area (Å²) < 4.78 is 0. The van der Waals surface area contributed by atoms with Crippen molar-refractivity contribution < 1.29 is 9.90 Å². The van der Waals surface area contributed by atoms with Gasteiger partial charge >= 0.3 is 5.97 Å². The molecular weight excluding hydrogens is 266 g/mol. The number of rotatable bonds is 6. The average molecular weight is 279 g/mol. The Kier molecular flexibility index (Phi) is 4.48. The van der Waals surface area contributed by atoms with E-state index in [1.165, 1.54) is 18.1 Å². The van der Waals surface area contributed by atoms with Crippen molar-refractivity contribution in [1.29, 1.82) is 0 Å². The summed E-state index contributed by atoms with van der Waals surface area (Å²) in [5, 5.41) is 16.0. The molecule has 100 valence electrons. The number of aromatic nitrogens is 4. The van der Waals surface area contributed by atoms with Gasteiger partial charge in [-0.2, -0.15) is 5.10 Å². The van der Waals surface area contributed by atoms with Crippen LogP contribution in [-0.4, -0.2) is 37.3 Å². The third-order valence-corrected chi connectivity index (χ3v) is 3.27. The predicted octanol–water partition coefficient (Wildman–Crippen LogP) is 0.446.